The van der Waals surface area contributed by atoms with E-state index < -0.39 is 0 Å². The topological polar surface area (TPSA) is 18.5 Å². The highest BCUT2D eigenvalue weighted by atomic mass is 127. The minimum absolute atomic E-state index is 0.387. The van der Waals surface area contributed by atoms with Crippen LogP contribution in [0.1, 0.15) is 13.8 Å². The maximum absolute atomic E-state index is 5.28. The molecule has 2 nitrogen and oxygen atoms in total. The zero-order chi connectivity index (χ0) is 9.40. The van der Waals surface area contributed by atoms with E-state index in [2.05, 4.69) is 42.5 Å². The Hall–Kier alpha value is 0.390. The third-order valence-corrected chi connectivity index (χ3v) is 2.10. The second-order valence-electron chi connectivity index (χ2n) is 3.00. The fourth-order valence-corrected chi connectivity index (χ4v) is 1.36. The van der Waals surface area contributed by atoms with Crippen LogP contribution in [0.4, 0.5) is 0 Å². The first kappa shape index (κ1) is 12.4. The molecule has 0 aromatic rings. The Balaban J connectivity index is 3.64. The van der Waals surface area contributed by atoms with Crippen LogP contribution in [0, 0.1) is 11.8 Å². The highest BCUT2D eigenvalue weighted by Crippen LogP contribution is 2.13. The highest BCUT2D eigenvalue weighted by Gasteiger charge is 2.09. The van der Waals surface area contributed by atoms with Gasteiger partial charge < -0.3 is 9.47 Å². The van der Waals surface area contributed by atoms with E-state index in [9.17, 15) is 0 Å². The van der Waals surface area contributed by atoms with E-state index in [1.165, 1.54) is 0 Å². The van der Waals surface area contributed by atoms with Crippen LogP contribution in [0.3, 0.4) is 0 Å². The monoisotopic (exact) mass is 284 g/mol. The lowest BCUT2D eigenvalue weighted by molar-refractivity contribution is -0.0425. The minimum Gasteiger partial charge on any atom is -0.359 e. The molecule has 0 saturated heterocycles. The number of hydrogen-bond acceptors (Lipinski definition) is 2. The molecule has 72 valence electrons. The first-order chi connectivity index (χ1) is 5.72. The van der Waals surface area contributed by atoms with Gasteiger partial charge in [0, 0.05) is 13.0 Å². The predicted octanol–water partition coefficient (Wildman–Crippen LogP) is 2.83. The molecule has 0 saturated carbocycles. The van der Waals surface area contributed by atoms with Gasteiger partial charge in [0.15, 0.2) is 0 Å². The number of hydrogen-bond donors (Lipinski definition) is 0. The van der Waals surface area contributed by atoms with E-state index in [-0.39, 0.29) is 0 Å². The largest absolute Gasteiger partial charge is 0.359 e. The lowest BCUT2D eigenvalue weighted by Crippen LogP contribution is -2.14. The van der Waals surface area contributed by atoms with Crippen molar-refractivity contribution in [3.05, 3.63) is 10.2 Å². The highest BCUT2D eigenvalue weighted by molar-refractivity contribution is 14.1. The summed E-state index contributed by atoms with van der Waals surface area (Å²) in [5.41, 5.74) is 0. The van der Waals surface area contributed by atoms with Crippen LogP contribution < -0.4 is 0 Å². The molecule has 0 bridgehead atoms. The Morgan fingerprint density at radius 2 is 2.08 bits per heavy atom. The van der Waals surface area contributed by atoms with Gasteiger partial charge in [-0.3, -0.25) is 0 Å². The van der Waals surface area contributed by atoms with E-state index in [1.54, 1.807) is 7.11 Å². The van der Waals surface area contributed by atoms with Crippen molar-refractivity contribution in [2.24, 2.45) is 11.8 Å². The van der Waals surface area contributed by atoms with Gasteiger partial charge in [0.2, 0.25) is 0 Å². The summed E-state index contributed by atoms with van der Waals surface area (Å²) in [6.07, 6.45) is 2.17. The van der Waals surface area contributed by atoms with Gasteiger partial charge in [0.05, 0.1) is 6.61 Å². The molecule has 1 unspecified atom stereocenters. The zero-order valence-corrected chi connectivity index (χ0v) is 10.1. The second-order valence-corrected chi connectivity index (χ2v) is 3.72. The van der Waals surface area contributed by atoms with Gasteiger partial charge in [-0.25, -0.2) is 0 Å². The zero-order valence-electron chi connectivity index (χ0n) is 7.92. The molecule has 0 heterocycles. The summed E-state index contributed by atoms with van der Waals surface area (Å²) < 4.78 is 12.1. The standard InChI is InChI=1S/C9H17IO2/c1-8(2)9(4-5-10)6-12-7-11-3/h4-5,8-9H,6-7H2,1-3H3/b5-4-. The molecule has 0 N–H and O–H groups in total. The molecule has 12 heavy (non-hydrogen) atoms. The second kappa shape index (κ2) is 8.01. The van der Waals surface area contributed by atoms with E-state index in [1.807, 2.05) is 4.08 Å². The van der Waals surface area contributed by atoms with Crippen molar-refractivity contribution < 1.29 is 9.47 Å². The van der Waals surface area contributed by atoms with Crippen molar-refractivity contribution >= 4 is 22.6 Å². The molecule has 0 spiro atoms. The summed E-state index contributed by atoms with van der Waals surface area (Å²) in [6, 6.07) is 0. The fourth-order valence-electron chi connectivity index (χ4n) is 0.831. The van der Waals surface area contributed by atoms with Crippen molar-refractivity contribution in [2.45, 2.75) is 13.8 Å². The minimum atomic E-state index is 0.387. The Morgan fingerprint density at radius 1 is 1.42 bits per heavy atom. The number of rotatable bonds is 6. The van der Waals surface area contributed by atoms with Gasteiger partial charge in [-0.15, -0.1) is 0 Å². The van der Waals surface area contributed by atoms with Crippen molar-refractivity contribution in [1.29, 1.82) is 0 Å². The number of ether oxygens (including phenoxy) is 2. The van der Waals surface area contributed by atoms with Gasteiger partial charge in [0.25, 0.3) is 0 Å². The molecule has 0 rings (SSSR count). The van der Waals surface area contributed by atoms with Crippen LogP contribution in [0.15, 0.2) is 10.2 Å². The molecule has 0 aliphatic heterocycles. The Morgan fingerprint density at radius 3 is 2.50 bits per heavy atom. The summed E-state index contributed by atoms with van der Waals surface area (Å²) in [4.78, 5) is 0. The predicted molar refractivity (Wildman–Crippen MR) is 59.3 cm³/mol. The molecule has 0 fully saturated rings. The van der Waals surface area contributed by atoms with Crippen LogP contribution in [0.5, 0.6) is 0 Å². The lowest BCUT2D eigenvalue weighted by atomic mass is 9.97. The number of halogens is 1. The van der Waals surface area contributed by atoms with Gasteiger partial charge >= 0.3 is 0 Å². The molecule has 0 aliphatic rings. The molecular formula is C9H17IO2. The van der Waals surface area contributed by atoms with E-state index >= 15 is 0 Å². The fraction of sp³-hybridized carbons (Fsp3) is 0.778. The lowest BCUT2D eigenvalue weighted by Gasteiger charge is -2.16. The van der Waals surface area contributed by atoms with Crippen molar-refractivity contribution in [1.82, 2.24) is 0 Å². The quantitative estimate of drug-likeness (QED) is 0.424. The molecule has 0 radical (unpaired) electrons. The first-order valence-electron chi connectivity index (χ1n) is 4.06. The Labute approximate surface area is 88.5 Å². The van der Waals surface area contributed by atoms with Crippen LogP contribution >= 0.6 is 22.6 Å². The SMILES string of the molecule is COCOCC(/C=C\I)C(C)C. The Kier molecular flexibility index (Phi) is 8.27. The third kappa shape index (κ3) is 5.97. The summed E-state index contributed by atoms with van der Waals surface area (Å²) in [5, 5.41) is 0. The summed E-state index contributed by atoms with van der Waals surface area (Å²) in [5.74, 6) is 1.12. The molecule has 0 aliphatic carbocycles. The molecule has 3 heteroatoms. The summed E-state index contributed by atoms with van der Waals surface area (Å²) in [6.45, 7) is 5.51. The van der Waals surface area contributed by atoms with Crippen molar-refractivity contribution in [3.63, 3.8) is 0 Å². The van der Waals surface area contributed by atoms with Crippen LogP contribution in [0.25, 0.3) is 0 Å². The molecule has 0 aromatic carbocycles. The summed E-state index contributed by atoms with van der Waals surface area (Å²) in [7, 11) is 1.64. The van der Waals surface area contributed by atoms with Gasteiger partial charge in [-0.2, -0.15) is 0 Å². The maximum atomic E-state index is 5.28. The van der Waals surface area contributed by atoms with Crippen LogP contribution in [-0.4, -0.2) is 20.5 Å². The van der Waals surface area contributed by atoms with Crippen LogP contribution in [-0.2, 0) is 9.47 Å². The molecule has 0 amide bonds. The van der Waals surface area contributed by atoms with E-state index in [0.717, 1.165) is 6.61 Å². The average molecular weight is 284 g/mol. The van der Waals surface area contributed by atoms with E-state index in [0.29, 0.717) is 18.6 Å². The summed E-state index contributed by atoms with van der Waals surface area (Å²) >= 11 is 2.23. The van der Waals surface area contributed by atoms with Crippen molar-refractivity contribution in [2.75, 3.05) is 20.5 Å². The maximum Gasteiger partial charge on any atom is 0.146 e. The van der Waals surface area contributed by atoms with Crippen LogP contribution in [0.2, 0.25) is 0 Å². The van der Waals surface area contributed by atoms with E-state index in [4.69, 9.17) is 9.47 Å². The van der Waals surface area contributed by atoms with Crippen molar-refractivity contribution in [3.8, 4) is 0 Å². The van der Waals surface area contributed by atoms with Gasteiger partial charge in [-0.1, -0.05) is 42.5 Å². The van der Waals surface area contributed by atoms with Gasteiger partial charge in [-0.05, 0) is 10.0 Å². The normalized spacial score (nSPS) is 14.4. The first-order valence-corrected chi connectivity index (χ1v) is 5.30. The third-order valence-electron chi connectivity index (χ3n) is 1.69. The van der Waals surface area contributed by atoms with Gasteiger partial charge in [0.1, 0.15) is 6.79 Å². The molecule has 0 aromatic heterocycles. The Bertz CT molecular complexity index is 124. The molecular weight excluding hydrogens is 267 g/mol. The number of methoxy groups -OCH3 is 1. The smallest absolute Gasteiger partial charge is 0.146 e. The molecule has 1 atom stereocenters. The average Bonchev–Trinajstić information content (AvgIpc) is 2.03.